The Morgan fingerprint density at radius 2 is 1.67 bits per heavy atom. The maximum Gasteiger partial charge on any atom is 0.251 e. The minimum atomic E-state index is -0.617. The number of hydrogen-bond acceptors (Lipinski definition) is 6. The number of nitrogens with two attached hydrogens (primary N) is 1. The van der Waals surface area contributed by atoms with Crippen LogP contribution in [-0.4, -0.2) is 29.3 Å². The number of carbonyl (C=O) groups excluding carboxylic acids is 2. The van der Waals surface area contributed by atoms with Gasteiger partial charge in [0, 0.05) is 28.0 Å². The molecular formula is C35H43N3O3S2. The predicted molar refractivity (Wildman–Crippen MR) is 179 cm³/mol. The number of hydrogen-bond donors (Lipinski definition) is 2. The van der Waals surface area contributed by atoms with Crippen LogP contribution in [-0.2, 0) is 15.6 Å². The van der Waals surface area contributed by atoms with E-state index >= 15 is 0 Å². The highest BCUT2D eigenvalue weighted by Crippen LogP contribution is 2.40. The van der Waals surface area contributed by atoms with Gasteiger partial charge in [0.25, 0.3) is 5.91 Å². The third-order valence-electron chi connectivity index (χ3n) is 8.40. The number of thioether (sulfide) groups is 1. The largest absolute Gasteiger partial charge is 0.493 e. The Bertz CT molecular complexity index is 1560. The van der Waals surface area contributed by atoms with Crippen molar-refractivity contribution >= 4 is 45.2 Å². The lowest BCUT2D eigenvalue weighted by molar-refractivity contribution is -0.117. The van der Waals surface area contributed by atoms with E-state index in [1.54, 1.807) is 12.1 Å². The molecule has 228 valence electrons. The maximum atomic E-state index is 12.8. The fourth-order valence-electron chi connectivity index (χ4n) is 4.72. The van der Waals surface area contributed by atoms with E-state index in [0.29, 0.717) is 30.8 Å². The van der Waals surface area contributed by atoms with Crippen molar-refractivity contribution in [2.45, 2.75) is 81.8 Å². The number of aromatic nitrogens is 1. The summed E-state index contributed by atoms with van der Waals surface area (Å²) in [4.78, 5) is 26.0. The molecule has 0 saturated heterocycles. The predicted octanol–water partition coefficient (Wildman–Crippen LogP) is 8.19. The lowest BCUT2D eigenvalue weighted by Crippen LogP contribution is -2.26. The van der Waals surface area contributed by atoms with Crippen LogP contribution < -0.4 is 15.8 Å². The van der Waals surface area contributed by atoms with E-state index in [2.05, 4.69) is 69.4 Å². The highest BCUT2D eigenvalue weighted by atomic mass is 32.2. The van der Waals surface area contributed by atoms with E-state index < -0.39 is 11.2 Å². The normalized spacial score (nSPS) is 12.7. The van der Waals surface area contributed by atoms with Gasteiger partial charge >= 0.3 is 0 Å². The van der Waals surface area contributed by atoms with Crippen LogP contribution in [0.3, 0.4) is 0 Å². The molecule has 0 radical (unpaired) electrons. The molecular weight excluding hydrogens is 575 g/mol. The number of primary amides is 1. The van der Waals surface area contributed by atoms with Gasteiger partial charge in [-0.05, 0) is 83.6 Å². The number of rotatable bonds is 14. The van der Waals surface area contributed by atoms with Crippen molar-refractivity contribution in [2.24, 2.45) is 5.73 Å². The Kier molecular flexibility index (Phi) is 10.6. The molecule has 0 aliphatic heterocycles. The summed E-state index contributed by atoms with van der Waals surface area (Å²) in [6.45, 7) is 14.5. The standard InChI is InChI=1S/C35H43N3O3S2/c1-7-34(3,4)24-16-19-28(27(22-24)35(5,6)8-2)41-21-11-20-37-33(40)23-14-17-25(18-15-23)42-31(32(36)39)30-26-12-9-10-13-29(26)43-38-30/h9-10,12-19,22,31H,7-8,11,20-21H2,1-6H3,(H2,36,39)(H,37,40). The molecule has 0 aliphatic rings. The Morgan fingerprint density at radius 1 is 0.977 bits per heavy atom. The van der Waals surface area contributed by atoms with Crippen molar-refractivity contribution in [2.75, 3.05) is 13.2 Å². The number of benzene rings is 3. The lowest BCUT2D eigenvalue weighted by Gasteiger charge is -2.30. The van der Waals surface area contributed by atoms with Crippen molar-refractivity contribution in [3.8, 4) is 5.75 Å². The maximum absolute atomic E-state index is 12.8. The molecule has 0 saturated carbocycles. The molecule has 6 nitrogen and oxygen atoms in total. The van der Waals surface area contributed by atoms with E-state index in [1.165, 1.54) is 34.4 Å². The molecule has 2 amide bonds. The van der Waals surface area contributed by atoms with Crippen LogP contribution in [0.2, 0.25) is 0 Å². The molecule has 3 aromatic carbocycles. The number of nitrogens with zero attached hydrogens (tertiary/aromatic N) is 1. The quantitative estimate of drug-likeness (QED) is 0.110. The molecule has 0 bridgehead atoms. The second-order valence-corrected chi connectivity index (χ2v) is 14.1. The van der Waals surface area contributed by atoms with Crippen molar-refractivity contribution in [3.05, 3.63) is 89.1 Å². The SMILES string of the molecule is CCC(C)(C)c1ccc(OCCCNC(=O)c2ccc(SC(C(N)=O)c3nsc4ccccc34)cc2)c(C(C)(C)CC)c1. The minimum Gasteiger partial charge on any atom is -0.493 e. The number of fused-ring (bicyclic) bond motifs is 1. The van der Waals surface area contributed by atoms with Crippen molar-refractivity contribution in [1.29, 1.82) is 0 Å². The molecule has 4 aromatic rings. The second-order valence-electron chi connectivity index (χ2n) is 12.1. The Hall–Kier alpha value is -3.36. The van der Waals surface area contributed by atoms with E-state index in [0.717, 1.165) is 33.6 Å². The second kappa shape index (κ2) is 14.0. The number of carbonyl (C=O) groups is 2. The average molecular weight is 618 g/mol. The van der Waals surface area contributed by atoms with Gasteiger partial charge in [-0.25, -0.2) is 0 Å². The van der Waals surface area contributed by atoms with Crippen LogP contribution >= 0.6 is 23.3 Å². The molecule has 1 heterocycles. The van der Waals surface area contributed by atoms with E-state index in [4.69, 9.17) is 10.5 Å². The summed E-state index contributed by atoms with van der Waals surface area (Å²) in [6.07, 6.45) is 2.77. The molecule has 1 unspecified atom stereocenters. The molecule has 1 aromatic heterocycles. The monoisotopic (exact) mass is 617 g/mol. The van der Waals surface area contributed by atoms with Crippen LogP contribution in [0.4, 0.5) is 0 Å². The summed E-state index contributed by atoms with van der Waals surface area (Å²) < 4.78 is 11.8. The first-order valence-corrected chi connectivity index (χ1v) is 16.6. The summed E-state index contributed by atoms with van der Waals surface area (Å²) in [7, 11) is 0. The van der Waals surface area contributed by atoms with Gasteiger partial charge in [0.15, 0.2) is 0 Å². The van der Waals surface area contributed by atoms with Crippen LogP contribution in [0.1, 0.15) is 93.2 Å². The van der Waals surface area contributed by atoms with Crippen LogP contribution in [0.5, 0.6) is 5.75 Å². The first-order chi connectivity index (χ1) is 20.5. The third kappa shape index (κ3) is 7.78. The molecule has 1 atom stereocenters. The van der Waals surface area contributed by atoms with E-state index in [9.17, 15) is 9.59 Å². The molecule has 4 rings (SSSR count). The zero-order chi connectivity index (χ0) is 31.2. The van der Waals surface area contributed by atoms with E-state index in [1.807, 2.05) is 36.4 Å². The Morgan fingerprint density at radius 3 is 2.35 bits per heavy atom. The molecule has 43 heavy (non-hydrogen) atoms. The van der Waals surface area contributed by atoms with Crippen molar-refractivity contribution < 1.29 is 14.3 Å². The number of ether oxygens (including phenoxy) is 1. The van der Waals surface area contributed by atoms with Crippen LogP contribution in [0.15, 0.2) is 71.6 Å². The fourth-order valence-corrected chi connectivity index (χ4v) is 6.57. The zero-order valence-electron chi connectivity index (χ0n) is 26.0. The van der Waals surface area contributed by atoms with Gasteiger partial charge in [-0.3, -0.25) is 9.59 Å². The molecule has 0 aliphatic carbocycles. The van der Waals surface area contributed by atoms with Gasteiger partial charge in [-0.15, -0.1) is 11.8 Å². The van der Waals surface area contributed by atoms with E-state index in [-0.39, 0.29) is 16.7 Å². The summed E-state index contributed by atoms with van der Waals surface area (Å²) in [6, 6.07) is 21.6. The molecule has 3 N–H and O–H groups in total. The van der Waals surface area contributed by atoms with Gasteiger partial charge in [0.05, 0.1) is 17.0 Å². The van der Waals surface area contributed by atoms with Gasteiger partial charge in [-0.1, -0.05) is 71.9 Å². The van der Waals surface area contributed by atoms with Crippen LogP contribution in [0.25, 0.3) is 10.1 Å². The first-order valence-electron chi connectivity index (χ1n) is 14.9. The summed E-state index contributed by atoms with van der Waals surface area (Å²) in [5.74, 6) is 0.325. The van der Waals surface area contributed by atoms with Gasteiger partial charge < -0.3 is 15.8 Å². The molecule has 0 fully saturated rings. The Labute approximate surface area is 264 Å². The van der Waals surface area contributed by atoms with Gasteiger partial charge in [0.1, 0.15) is 11.0 Å². The summed E-state index contributed by atoms with van der Waals surface area (Å²) in [5.41, 5.74) is 9.66. The third-order valence-corrected chi connectivity index (χ3v) is 10.5. The summed E-state index contributed by atoms with van der Waals surface area (Å²) >= 11 is 2.70. The van der Waals surface area contributed by atoms with Crippen LogP contribution in [0, 0.1) is 0 Å². The number of amides is 2. The number of nitrogens with one attached hydrogen (secondary N) is 1. The zero-order valence-corrected chi connectivity index (χ0v) is 27.7. The molecule has 0 spiro atoms. The highest BCUT2D eigenvalue weighted by molar-refractivity contribution is 8.00. The smallest absolute Gasteiger partial charge is 0.251 e. The summed E-state index contributed by atoms with van der Waals surface area (Å²) in [5, 5.41) is 3.31. The van der Waals surface area contributed by atoms with Crippen molar-refractivity contribution in [3.63, 3.8) is 0 Å². The van der Waals surface area contributed by atoms with Crippen molar-refractivity contribution in [1.82, 2.24) is 9.69 Å². The lowest BCUT2D eigenvalue weighted by atomic mass is 9.76. The Balaban J connectivity index is 1.31. The fraction of sp³-hybridized carbons (Fsp3) is 0.400. The average Bonchev–Trinajstić information content (AvgIpc) is 3.43. The minimum absolute atomic E-state index is 0.000698. The molecule has 8 heteroatoms. The first kappa shape index (κ1) is 32.6. The highest BCUT2D eigenvalue weighted by Gasteiger charge is 2.27. The van der Waals surface area contributed by atoms with Gasteiger partial charge in [0.2, 0.25) is 5.91 Å². The topological polar surface area (TPSA) is 94.3 Å². The van der Waals surface area contributed by atoms with Gasteiger partial charge in [-0.2, -0.15) is 4.37 Å².